The molecule has 0 spiro atoms. The molecule has 2 aromatic rings. The molecule has 3 rings (SSSR count). The Morgan fingerprint density at radius 2 is 2.00 bits per heavy atom. The smallest absolute Gasteiger partial charge is 0.254 e. The van der Waals surface area contributed by atoms with Gasteiger partial charge in [0, 0.05) is 25.6 Å². The van der Waals surface area contributed by atoms with Gasteiger partial charge in [0.05, 0.1) is 6.04 Å². The molecule has 0 saturated carbocycles. The molecule has 0 radical (unpaired) electrons. The summed E-state index contributed by atoms with van der Waals surface area (Å²) in [6.45, 7) is 9.79. The van der Waals surface area contributed by atoms with Gasteiger partial charge in [-0.3, -0.25) is 9.69 Å². The van der Waals surface area contributed by atoms with E-state index in [1.165, 1.54) is 5.56 Å². The third kappa shape index (κ3) is 3.90. The summed E-state index contributed by atoms with van der Waals surface area (Å²) >= 11 is 0. The number of nitrogens with zero attached hydrogens (tertiary/aromatic N) is 4. The van der Waals surface area contributed by atoms with Crippen LogP contribution < -0.4 is 0 Å². The highest BCUT2D eigenvalue weighted by Gasteiger charge is 2.33. The highest BCUT2D eigenvalue weighted by Crippen LogP contribution is 2.31. The lowest BCUT2D eigenvalue weighted by molar-refractivity contribution is 0.0728. The van der Waals surface area contributed by atoms with Crippen LogP contribution in [0, 0.1) is 6.92 Å². The van der Waals surface area contributed by atoms with Gasteiger partial charge in [-0.15, -0.1) is 0 Å². The van der Waals surface area contributed by atoms with E-state index in [1.807, 2.05) is 17.0 Å². The number of aromatic nitrogens is 2. The first-order chi connectivity index (χ1) is 12.1. The molecule has 1 amide bonds. The Labute approximate surface area is 148 Å². The Balaban J connectivity index is 1.71. The molecule has 6 heteroatoms. The Bertz CT molecular complexity index is 706. The average Bonchev–Trinajstić information content (AvgIpc) is 3.28. The van der Waals surface area contributed by atoms with Gasteiger partial charge in [0.1, 0.15) is 0 Å². The number of hydrogen-bond acceptors (Lipinski definition) is 5. The van der Waals surface area contributed by atoms with Crippen LogP contribution >= 0.6 is 0 Å². The number of amides is 1. The quantitative estimate of drug-likeness (QED) is 0.807. The molecule has 1 atom stereocenters. The maximum atomic E-state index is 12.9. The van der Waals surface area contributed by atoms with Gasteiger partial charge >= 0.3 is 0 Å². The molecule has 0 N–H and O–H groups in total. The third-order valence-electron chi connectivity index (χ3n) is 4.86. The summed E-state index contributed by atoms with van der Waals surface area (Å²) < 4.78 is 5.08. The highest BCUT2D eigenvalue weighted by molar-refractivity contribution is 5.94. The monoisotopic (exact) mass is 342 g/mol. The number of carbonyl (C=O) groups excluding carboxylic acids is 1. The average molecular weight is 342 g/mol. The highest BCUT2D eigenvalue weighted by atomic mass is 16.5. The standard InChI is InChI=1S/C19H26N4O2/c1-4-22(5-2)13-15-8-10-16(11-9-15)19(24)23-12-6-7-17(23)18-20-14(3)25-21-18/h8-11,17H,4-7,12-13H2,1-3H3/t17-/m0/s1. The van der Waals surface area contributed by atoms with E-state index in [0.717, 1.165) is 44.6 Å². The van der Waals surface area contributed by atoms with Crippen molar-refractivity contribution in [2.45, 2.75) is 46.2 Å². The molecule has 1 aliphatic rings. The van der Waals surface area contributed by atoms with Crippen LogP contribution in [0.15, 0.2) is 28.8 Å². The van der Waals surface area contributed by atoms with Crippen molar-refractivity contribution in [1.29, 1.82) is 0 Å². The second kappa shape index (κ2) is 7.78. The third-order valence-corrected chi connectivity index (χ3v) is 4.86. The lowest BCUT2D eigenvalue weighted by atomic mass is 10.1. The van der Waals surface area contributed by atoms with Gasteiger partial charge in [0.25, 0.3) is 5.91 Å². The van der Waals surface area contributed by atoms with Gasteiger partial charge in [-0.2, -0.15) is 4.98 Å². The maximum absolute atomic E-state index is 12.9. The molecular formula is C19H26N4O2. The zero-order valence-corrected chi connectivity index (χ0v) is 15.2. The van der Waals surface area contributed by atoms with Crippen LogP contribution in [-0.4, -0.2) is 45.5 Å². The first-order valence-corrected chi connectivity index (χ1v) is 9.04. The summed E-state index contributed by atoms with van der Waals surface area (Å²) in [7, 11) is 0. The lowest BCUT2D eigenvalue weighted by Crippen LogP contribution is -2.31. The minimum atomic E-state index is -0.0831. The summed E-state index contributed by atoms with van der Waals surface area (Å²) in [6, 6.07) is 7.88. The fraction of sp³-hybridized carbons (Fsp3) is 0.526. The van der Waals surface area contributed by atoms with Crippen molar-refractivity contribution in [2.24, 2.45) is 0 Å². The molecule has 6 nitrogen and oxygen atoms in total. The summed E-state index contributed by atoms with van der Waals surface area (Å²) in [5.74, 6) is 1.19. The van der Waals surface area contributed by atoms with Crippen LogP contribution in [-0.2, 0) is 6.54 Å². The zero-order valence-electron chi connectivity index (χ0n) is 15.2. The van der Waals surface area contributed by atoms with Gasteiger partial charge in [-0.25, -0.2) is 0 Å². The Hall–Kier alpha value is -2.21. The van der Waals surface area contributed by atoms with Crippen molar-refractivity contribution in [1.82, 2.24) is 19.9 Å². The molecular weight excluding hydrogens is 316 g/mol. The van der Waals surface area contributed by atoms with Gasteiger partial charge in [0.15, 0.2) is 5.82 Å². The number of hydrogen-bond donors (Lipinski definition) is 0. The Kier molecular flexibility index (Phi) is 5.48. The maximum Gasteiger partial charge on any atom is 0.254 e. The number of benzene rings is 1. The fourth-order valence-corrected chi connectivity index (χ4v) is 3.35. The van der Waals surface area contributed by atoms with E-state index < -0.39 is 0 Å². The summed E-state index contributed by atoms with van der Waals surface area (Å²) in [4.78, 5) is 21.4. The molecule has 1 aromatic heterocycles. The van der Waals surface area contributed by atoms with E-state index >= 15 is 0 Å². The van der Waals surface area contributed by atoms with Gasteiger partial charge in [-0.05, 0) is 43.6 Å². The van der Waals surface area contributed by atoms with E-state index in [2.05, 4.69) is 41.0 Å². The Morgan fingerprint density at radius 1 is 1.28 bits per heavy atom. The van der Waals surface area contributed by atoms with Crippen molar-refractivity contribution < 1.29 is 9.32 Å². The molecule has 1 aliphatic heterocycles. The van der Waals surface area contributed by atoms with Crippen LogP contribution in [0.25, 0.3) is 0 Å². The van der Waals surface area contributed by atoms with Gasteiger partial charge < -0.3 is 9.42 Å². The van der Waals surface area contributed by atoms with Crippen molar-refractivity contribution in [3.05, 3.63) is 47.1 Å². The summed E-state index contributed by atoms with van der Waals surface area (Å²) in [5, 5.41) is 4.00. The van der Waals surface area contributed by atoms with E-state index in [4.69, 9.17) is 4.52 Å². The second-order valence-corrected chi connectivity index (χ2v) is 6.49. The predicted octanol–water partition coefficient (Wildman–Crippen LogP) is 3.20. The minimum Gasteiger partial charge on any atom is -0.340 e. The second-order valence-electron chi connectivity index (χ2n) is 6.49. The normalized spacial score (nSPS) is 17.4. The lowest BCUT2D eigenvalue weighted by Gasteiger charge is -2.22. The molecule has 1 aromatic carbocycles. The first kappa shape index (κ1) is 17.6. The van der Waals surface area contributed by atoms with E-state index in [0.29, 0.717) is 11.7 Å². The fourth-order valence-electron chi connectivity index (χ4n) is 3.35. The van der Waals surface area contributed by atoms with Gasteiger partial charge in [-0.1, -0.05) is 31.1 Å². The van der Waals surface area contributed by atoms with E-state index in [9.17, 15) is 4.79 Å². The van der Waals surface area contributed by atoms with Crippen molar-refractivity contribution >= 4 is 5.91 Å². The molecule has 0 bridgehead atoms. The van der Waals surface area contributed by atoms with Crippen LogP contribution in [0.5, 0.6) is 0 Å². The number of rotatable bonds is 6. The van der Waals surface area contributed by atoms with Crippen LogP contribution in [0.2, 0.25) is 0 Å². The molecule has 1 fully saturated rings. The molecule has 25 heavy (non-hydrogen) atoms. The van der Waals surface area contributed by atoms with Crippen molar-refractivity contribution in [3.63, 3.8) is 0 Å². The molecule has 0 aliphatic carbocycles. The predicted molar refractivity (Wildman–Crippen MR) is 95.1 cm³/mol. The first-order valence-electron chi connectivity index (χ1n) is 9.04. The molecule has 0 unspecified atom stereocenters. The summed E-state index contributed by atoms with van der Waals surface area (Å²) in [6.07, 6.45) is 1.84. The van der Waals surface area contributed by atoms with Crippen molar-refractivity contribution in [3.8, 4) is 0 Å². The molecule has 134 valence electrons. The Morgan fingerprint density at radius 3 is 2.60 bits per heavy atom. The van der Waals surface area contributed by atoms with Crippen LogP contribution in [0.4, 0.5) is 0 Å². The van der Waals surface area contributed by atoms with Gasteiger partial charge in [0.2, 0.25) is 5.89 Å². The number of likely N-dealkylation sites (tertiary alicyclic amines) is 1. The summed E-state index contributed by atoms with van der Waals surface area (Å²) in [5.41, 5.74) is 1.95. The zero-order chi connectivity index (χ0) is 17.8. The SMILES string of the molecule is CCN(CC)Cc1ccc(C(=O)N2CCC[C@H]2c2noc(C)n2)cc1. The van der Waals surface area contributed by atoms with E-state index in [1.54, 1.807) is 6.92 Å². The van der Waals surface area contributed by atoms with Crippen LogP contribution in [0.1, 0.15) is 60.4 Å². The number of carbonyl (C=O) groups is 1. The largest absolute Gasteiger partial charge is 0.340 e. The van der Waals surface area contributed by atoms with Crippen LogP contribution in [0.3, 0.4) is 0 Å². The molecule has 2 heterocycles. The number of aryl methyl sites for hydroxylation is 1. The minimum absolute atomic E-state index is 0.0411. The molecule has 1 saturated heterocycles. The van der Waals surface area contributed by atoms with Crippen molar-refractivity contribution in [2.75, 3.05) is 19.6 Å². The topological polar surface area (TPSA) is 62.5 Å². The van der Waals surface area contributed by atoms with E-state index in [-0.39, 0.29) is 11.9 Å².